The summed E-state index contributed by atoms with van der Waals surface area (Å²) in [6, 6.07) is 12.4. The van der Waals surface area contributed by atoms with Crippen molar-refractivity contribution in [3.8, 4) is 17.7 Å². The Morgan fingerprint density at radius 3 is 2.72 bits per heavy atom. The molecule has 1 saturated carbocycles. The molecule has 3 rings (SSSR count). The molecule has 128 valence electrons. The predicted octanol–water partition coefficient (Wildman–Crippen LogP) is 4.17. The maximum absolute atomic E-state index is 13.2. The zero-order chi connectivity index (χ0) is 18.0. The van der Waals surface area contributed by atoms with Gasteiger partial charge in [-0.05, 0) is 30.0 Å². The summed E-state index contributed by atoms with van der Waals surface area (Å²) < 4.78 is 24.0. The predicted molar refractivity (Wildman–Crippen MR) is 87.0 cm³/mol. The lowest BCUT2D eigenvalue weighted by atomic mass is 10.1. The number of rotatable bonds is 5. The average Bonchev–Trinajstić information content (AvgIpc) is 3.21. The van der Waals surface area contributed by atoms with Gasteiger partial charge in [0.25, 0.3) is 0 Å². The van der Waals surface area contributed by atoms with Gasteiger partial charge in [-0.25, -0.2) is 9.37 Å². The van der Waals surface area contributed by atoms with Gasteiger partial charge in [-0.2, -0.15) is 5.26 Å². The van der Waals surface area contributed by atoms with Crippen molar-refractivity contribution in [1.29, 1.82) is 5.26 Å². The highest BCUT2D eigenvalue weighted by Gasteiger charge is 2.52. The van der Waals surface area contributed by atoms with Gasteiger partial charge in [0.05, 0.1) is 11.6 Å². The number of carbonyl (C=O) groups is 1. The van der Waals surface area contributed by atoms with Gasteiger partial charge in [0.2, 0.25) is 12.0 Å². The minimum absolute atomic E-state index is 0.0765. The molecule has 1 heterocycles. The first-order chi connectivity index (χ1) is 11.9. The number of pyridine rings is 1. The smallest absolute Gasteiger partial charge is 0.311 e. The number of carbonyl (C=O) groups excluding carboxylic acids is 1. The van der Waals surface area contributed by atoms with Gasteiger partial charge in [-0.1, -0.05) is 26.0 Å². The molecule has 0 radical (unpaired) electrons. The average molecular weight is 340 g/mol. The normalized spacial score (nSPS) is 18.7. The number of nitriles is 1. The highest BCUT2D eigenvalue weighted by atomic mass is 19.1. The van der Waals surface area contributed by atoms with Gasteiger partial charge in [0.1, 0.15) is 17.6 Å². The fraction of sp³-hybridized carbons (Fsp3) is 0.316. The Kier molecular flexibility index (Phi) is 4.41. The van der Waals surface area contributed by atoms with E-state index in [-0.39, 0.29) is 28.7 Å². The third-order valence-electron chi connectivity index (χ3n) is 4.18. The van der Waals surface area contributed by atoms with E-state index >= 15 is 0 Å². The summed E-state index contributed by atoms with van der Waals surface area (Å²) in [4.78, 5) is 16.3. The van der Waals surface area contributed by atoms with Gasteiger partial charge in [-0.15, -0.1) is 0 Å². The molecular formula is C19H17FN2O3. The van der Waals surface area contributed by atoms with Crippen LogP contribution in [0.1, 0.15) is 32.1 Å². The lowest BCUT2D eigenvalue weighted by Crippen LogP contribution is -2.15. The third-order valence-corrected chi connectivity index (χ3v) is 4.18. The molecule has 2 atom stereocenters. The first-order valence-electron chi connectivity index (χ1n) is 7.89. The number of esters is 1. The molecule has 1 aromatic carbocycles. The molecule has 1 aliphatic carbocycles. The molecule has 2 aromatic rings. The van der Waals surface area contributed by atoms with Crippen molar-refractivity contribution in [3.05, 3.63) is 54.0 Å². The summed E-state index contributed by atoms with van der Waals surface area (Å²) >= 11 is 0. The summed E-state index contributed by atoms with van der Waals surface area (Å²) in [5.74, 6) is -0.532. The Morgan fingerprint density at radius 2 is 2.08 bits per heavy atom. The molecule has 25 heavy (non-hydrogen) atoms. The van der Waals surface area contributed by atoms with Gasteiger partial charge < -0.3 is 9.47 Å². The summed E-state index contributed by atoms with van der Waals surface area (Å²) in [6.45, 7) is 3.96. The van der Waals surface area contributed by atoms with Crippen molar-refractivity contribution >= 4 is 5.97 Å². The summed E-state index contributed by atoms with van der Waals surface area (Å²) in [5.41, 5.74) is 0.190. The number of halogens is 1. The van der Waals surface area contributed by atoms with Crippen LogP contribution < -0.4 is 4.74 Å². The molecule has 1 aliphatic rings. The SMILES string of the molecule is CC1(C)C[C@H]1C(=O)OC(C#N)c1cccc(Oc2cccc(F)c2)n1. The second-order valence-corrected chi connectivity index (χ2v) is 6.65. The van der Waals surface area contributed by atoms with Crippen LogP contribution in [0.3, 0.4) is 0 Å². The standard InChI is InChI=1S/C19H17FN2O3/c1-19(2)10-14(19)18(23)25-16(11-21)15-7-4-8-17(22-15)24-13-6-3-5-12(20)9-13/h3-9,14,16H,10H2,1-2H3/t14-,16?/m0/s1. The quantitative estimate of drug-likeness (QED) is 0.764. The Morgan fingerprint density at radius 1 is 1.36 bits per heavy atom. The van der Waals surface area contributed by atoms with E-state index < -0.39 is 17.9 Å². The Hall–Kier alpha value is -2.94. The summed E-state index contributed by atoms with van der Waals surface area (Å²) in [6.07, 6.45) is -0.361. The third kappa shape index (κ3) is 3.94. The number of ether oxygens (including phenoxy) is 2. The zero-order valence-electron chi connectivity index (χ0n) is 13.9. The molecule has 0 saturated heterocycles. The fourth-order valence-electron chi connectivity index (χ4n) is 2.51. The molecule has 5 nitrogen and oxygen atoms in total. The number of benzene rings is 1. The van der Waals surface area contributed by atoms with E-state index in [0.717, 1.165) is 6.42 Å². The second kappa shape index (κ2) is 6.52. The number of nitrogens with zero attached hydrogens (tertiary/aromatic N) is 2. The van der Waals surface area contributed by atoms with E-state index in [1.807, 2.05) is 19.9 Å². The Balaban J connectivity index is 1.73. The van der Waals surface area contributed by atoms with Crippen molar-refractivity contribution < 1.29 is 18.7 Å². The largest absolute Gasteiger partial charge is 0.440 e. The van der Waals surface area contributed by atoms with E-state index in [0.29, 0.717) is 0 Å². The highest BCUT2D eigenvalue weighted by molar-refractivity contribution is 5.77. The molecule has 0 aliphatic heterocycles. The zero-order valence-corrected chi connectivity index (χ0v) is 13.9. The lowest BCUT2D eigenvalue weighted by molar-refractivity contribution is -0.149. The first-order valence-corrected chi connectivity index (χ1v) is 7.89. The van der Waals surface area contributed by atoms with E-state index in [4.69, 9.17) is 9.47 Å². The van der Waals surface area contributed by atoms with Crippen molar-refractivity contribution in [1.82, 2.24) is 4.98 Å². The van der Waals surface area contributed by atoms with Gasteiger partial charge in [0, 0.05) is 12.1 Å². The number of aromatic nitrogens is 1. The van der Waals surface area contributed by atoms with Gasteiger partial charge in [0.15, 0.2) is 0 Å². The van der Waals surface area contributed by atoms with Crippen molar-refractivity contribution in [2.75, 3.05) is 0 Å². The van der Waals surface area contributed by atoms with Crippen LogP contribution >= 0.6 is 0 Å². The number of hydrogen-bond donors (Lipinski definition) is 0. The molecular weight excluding hydrogens is 323 g/mol. The van der Waals surface area contributed by atoms with E-state index in [1.54, 1.807) is 24.3 Å². The van der Waals surface area contributed by atoms with E-state index in [1.165, 1.54) is 18.2 Å². The van der Waals surface area contributed by atoms with Crippen LogP contribution in [0, 0.1) is 28.5 Å². The fourth-order valence-corrected chi connectivity index (χ4v) is 2.51. The summed E-state index contributed by atoms with van der Waals surface area (Å²) in [7, 11) is 0. The van der Waals surface area contributed by atoms with Crippen LogP contribution in [0.4, 0.5) is 4.39 Å². The molecule has 6 heteroatoms. The van der Waals surface area contributed by atoms with Gasteiger partial charge >= 0.3 is 5.97 Å². The molecule has 0 amide bonds. The van der Waals surface area contributed by atoms with Gasteiger partial charge in [-0.3, -0.25) is 4.79 Å². The highest BCUT2D eigenvalue weighted by Crippen LogP contribution is 2.52. The monoisotopic (exact) mass is 340 g/mol. The van der Waals surface area contributed by atoms with Crippen LogP contribution in [0.5, 0.6) is 11.6 Å². The molecule has 0 spiro atoms. The van der Waals surface area contributed by atoms with E-state index in [2.05, 4.69) is 4.98 Å². The first kappa shape index (κ1) is 16.9. The maximum atomic E-state index is 13.2. The lowest BCUT2D eigenvalue weighted by Gasteiger charge is -2.12. The van der Waals surface area contributed by atoms with Crippen LogP contribution in [0.2, 0.25) is 0 Å². The van der Waals surface area contributed by atoms with Crippen LogP contribution in [-0.2, 0) is 9.53 Å². The second-order valence-electron chi connectivity index (χ2n) is 6.65. The van der Waals surface area contributed by atoms with Crippen molar-refractivity contribution in [3.63, 3.8) is 0 Å². The number of hydrogen-bond acceptors (Lipinski definition) is 5. The van der Waals surface area contributed by atoms with Crippen LogP contribution in [0.25, 0.3) is 0 Å². The Bertz CT molecular complexity index is 845. The van der Waals surface area contributed by atoms with Crippen LogP contribution in [0.15, 0.2) is 42.5 Å². The van der Waals surface area contributed by atoms with Crippen molar-refractivity contribution in [2.45, 2.75) is 26.4 Å². The molecule has 1 fully saturated rings. The van der Waals surface area contributed by atoms with E-state index in [9.17, 15) is 14.4 Å². The molecule has 0 bridgehead atoms. The summed E-state index contributed by atoms with van der Waals surface area (Å²) in [5, 5.41) is 9.32. The Labute approximate surface area is 145 Å². The molecule has 0 N–H and O–H groups in total. The maximum Gasteiger partial charge on any atom is 0.311 e. The topological polar surface area (TPSA) is 72.2 Å². The van der Waals surface area contributed by atoms with Crippen LogP contribution in [-0.4, -0.2) is 11.0 Å². The minimum Gasteiger partial charge on any atom is -0.440 e. The minimum atomic E-state index is -1.11. The molecule has 1 aromatic heterocycles. The van der Waals surface area contributed by atoms with Crippen molar-refractivity contribution in [2.24, 2.45) is 11.3 Å². The molecule has 1 unspecified atom stereocenters.